The summed E-state index contributed by atoms with van der Waals surface area (Å²) >= 11 is 5.20. The molecule has 0 fully saturated rings. The lowest BCUT2D eigenvalue weighted by Crippen LogP contribution is -1.97. The Bertz CT molecular complexity index is 408. The Morgan fingerprint density at radius 2 is 1.94 bits per heavy atom. The quantitative estimate of drug-likeness (QED) is 0.749. The van der Waals surface area contributed by atoms with Crippen molar-refractivity contribution in [2.45, 2.75) is 13.0 Å². The summed E-state index contributed by atoms with van der Waals surface area (Å²) in [5, 5.41) is 2.10. The molecule has 0 saturated heterocycles. The number of rotatable bonds is 5. The molecule has 1 aromatic heterocycles. The number of hydrogen-bond donors (Lipinski definition) is 0. The summed E-state index contributed by atoms with van der Waals surface area (Å²) in [5.41, 5.74) is 1.22. The Morgan fingerprint density at radius 1 is 1.12 bits per heavy atom. The fraction of sp³-hybridized carbons (Fsp3) is 0.231. The maximum Gasteiger partial charge on any atom is 0.0717 e. The minimum atomic E-state index is 0.693. The summed E-state index contributed by atoms with van der Waals surface area (Å²) < 4.78 is 6.73. The standard InChI is InChI=1S/C13H13BrOS/c14-12-5-3-11(4-6-12)10-15-8-7-13-2-1-9-16-13/h1-6,9H,7-8,10H2. The van der Waals surface area contributed by atoms with Crippen molar-refractivity contribution in [1.82, 2.24) is 0 Å². The largest absolute Gasteiger partial charge is 0.376 e. The molecule has 0 N–H and O–H groups in total. The van der Waals surface area contributed by atoms with Crippen molar-refractivity contribution in [3.05, 3.63) is 56.7 Å². The van der Waals surface area contributed by atoms with E-state index in [2.05, 4.69) is 45.6 Å². The van der Waals surface area contributed by atoms with Crippen molar-refractivity contribution in [3.63, 3.8) is 0 Å². The van der Waals surface area contributed by atoms with Crippen LogP contribution in [-0.2, 0) is 17.8 Å². The van der Waals surface area contributed by atoms with Gasteiger partial charge in [0, 0.05) is 15.8 Å². The van der Waals surface area contributed by atoms with Gasteiger partial charge in [0.15, 0.2) is 0 Å². The SMILES string of the molecule is Brc1ccc(COCCc2cccs2)cc1. The highest BCUT2D eigenvalue weighted by molar-refractivity contribution is 9.10. The van der Waals surface area contributed by atoms with E-state index >= 15 is 0 Å². The van der Waals surface area contributed by atoms with Crippen LogP contribution in [0.5, 0.6) is 0 Å². The summed E-state index contributed by atoms with van der Waals surface area (Å²) in [7, 11) is 0. The highest BCUT2D eigenvalue weighted by atomic mass is 79.9. The van der Waals surface area contributed by atoms with Crippen LogP contribution in [0.3, 0.4) is 0 Å². The monoisotopic (exact) mass is 296 g/mol. The van der Waals surface area contributed by atoms with Gasteiger partial charge in [0.2, 0.25) is 0 Å². The van der Waals surface area contributed by atoms with Crippen molar-refractivity contribution in [2.75, 3.05) is 6.61 Å². The fourth-order valence-corrected chi connectivity index (χ4v) is 2.35. The van der Waals surface area contributed by atoms with Gasteiger partial charge in [-0.05, 0) is 29.1 Å². The molecule has 84 valence electrons. The van der Waals surface area contributed by atoms with E-state index in [0.717, 1.165) is 17.5 Å². The van der Waals surface area contributed by atoms with E-state index in [1.165, 1.54) is 10.4 Å². The number of ether oxygens (including phenoxy) is 1. The smallest absolute Gasteiger partial charge is 0.0717 e. The predicted octanol–water partition coefficient (Wildman–Crippen LogP) is 4.27. The van der Waals surface area contributed by atoms with Crippen LogP contribution in [-0.4, -0.2) is 6.61 Å². The fourth-order valence-electron chi connectivity index (χ4n) is 1.40. The van der Waals surface area contributed by atoms with Gasteiger partial charge in [0.1, 0.15) is 0 Å². The van der Waals surface area contributed by atoms with Gasteiger partial charge in [0.05, 0.1) is 13.2 Å². The van der Waals surface area contributed by atoms with Gasteiger partial charge < -0.3 is 4.74 Å². The molecule has 16 heavy (non-hydrogen) atoms. The van der Waals surface area contributed by atoms with Gasteiger partial charge in [0.25, 0.3) is 0 Å². The Kier molecular flexibility index (Phi) is 4.57. The Labute approximate surface area is 108 Å². The van der Waals surface area contributed by atoms with Crippen molar-refractivity contribution in [3.8, 4) is 0 Å². The van der Waals surface area contributed by atoms with Crippen LogP contribution in [0.2, 0.25) is 0 Å². The van der Waals surface area contributed by atoms with E-state index in [1.54, 1.807) is 11.3 Å². The lowest BCUT2D eigenvalue weighted by atomic mass is 10.2. The number of thiophene rings is 1. The van der Waals surface area contributed by atoms with Gasteiger partial charge in [-0.15, -0.1) is 11.3 Å². The Hall–Kier alpha value is -0.640. The van der Waals surface area contributed by atoms with Gasteiger partial charge in [-0.1, -0.05) is 34.1 Å². The third-order valence-corrected chi connectivity index (χ3v) is 3.72. The summed E-state index contributed by atoms with van der Waals surface area (Å²) in [4.78, 5) is 1.39. The van der Waals surface area contributed by atoms with Gasteiger partial charge in [-0.25, -0.2) is 0 Å². The molecule has 0 spiro atoms. The van der Waals surface area contributed by atoms with Gasteiger partial charge in [-0.2, -0.15) is 0 Å². The summed E-state index contributed by atoms with van der Waals surface area (Å²) in [6, 6.07) is 12.5. The molecule has 0 radical (unpaired) electrons. The predicted molar refractivity (Wildman–Crippen MR) is 71.8 cm³/mol. The molecule has 0 bridgehead atoms. The lowest BCUT2D eigenvalue weighted by Gasteiger charge is -2.03. The van der Waals surface area contributed by atoms with E-state index in [9.17, 15) is 0 Å². The minimum Gasteiger partial charge on any atom is -0.376 e. The van der Waals surface area contributed by atoms with Crippen molar-refractivity contribution in [1.29, 1.82) is 0 Å². The van der Waals surface area contributed by atoms with E-state index in [4.69, 9.17) is 4.74 Å². The summed E-state index contributed by atoms with van der Waals surface area (Å²) in [5.74, 6) is 0. The second kappa shape index (κ2) is 6.18. The van der Waals surface area contributed by atoms with Crippen LogP contribution in [0.15, 0.2) is 46.3 Å². The lowest BCUT2D eigenvalue weighted by molar-refractivity contribution is 0.124. The first-order chi connectivity index (χ1) is 7.84. The molecule has 0 aliphatic carbocycles. The van der Waals surface area contributed by atoms with Gasteiger partial charge >= 0.3 is 0 Å². The molecule has 2 aromatic rings. The molecule has 0 unspecified atom stereocenters. The van der Waals surface area contributed by atoms with E-state index in [0.29, 0.717) is 6.61 Å². The molecule has 0 aliphatic heterocycles. The van der Waals surface area contributed by atoms with Crippen LogP contribution in [0.1, 0.15) is 10.4 Å². The first-order valence-corrected chi connectivity index (χ1v) is 6.86. The third-order valence-electron chi connectivity index (χ3n) is 2.25. The van der Waals surface area contributed by atoms with Crippen molar-refractivity contribution >= 4 is 27.3 Å². The maximum absolute atomic E-state index is 5.62. The molecule has 1 nitrogen and oxygen atoms in total. The first kappa shape index (κ1) is 11.8. The molecule has 3 heteroatoms. The molecule has 0 saturated carbocycles. The van der Waals surface area contributed by atoms with Crippen LogP contribution < -0.4 is 0 Å². The highest BCUT2D eigenvalue weighted by Crippen LogP contribution is 2.12. The molecule has 0 aliphatic rings. The molecule has 0 atom stereocenters. The maximum atomic E-state index is 5.62. The molecular formula is C13H13BrOS. The molecule has 1 aromatic carbocycles. The average molecular weight is 297 g/mol. The summed E-state index contributed by atoms with van der Waals surface area (Å²) in [6.07, 6.45) is 1.01. The van der Waals surface area contributed by atoms with E-state index in [1.807, 2.05) is 12.1 Å². The molecule has 1 heterocycles. The average Bonchev–Trinajstić information content (AvgIpc) is 2.80. The second-order valence-corrected chi connectivity index (χ2v) is 5.46. The van der Waals surface area contributed by atoms with Crippen LogP contribution >= 0.6 is 27.3 Å². The van der Waals surface area contributed by atoms with Crippen LogP contribution in [0.4, 0.5) is 0 Å². The molecule has 2 rings (SSSR count). The van der Waals surface area contributed by atoms with Crippen molar-refractivity contribution in [2.24, 2.45) is 0 Å². The van der Waals surface area contributed by atoms with E-state index < -0.39 is 0 Å². The first-order valence-electron chi connectivity index (χ1n) is 5.19. The zero-order valence-electron chi connectivity index (χ0n) is 8.86. The topological polar surface area (TPSA) is 9.23 Å². The third kappa shape index (κ3) is 3.74. The second-order valence-electron chi connectivity index (χ2n) is 3.51. The Balaban J connectivity index is 1.70. The summed E-state index contributed by atoms with van der Waals surface area (Å²) in [6.45, 7) is 1.48. The molecule has 0 amide bonds. The van der Waals surface area contributed by atoms with Crippen LogP contribution in [0, 0.1) is 0 Å². The zero-order valence-corrected chi connectivity index (χ0v) is 11.3. The number of hydrogen-bond acceptors (Lipinski definition) is 2. The number of benzene rings is 1. The Morgan fingerprint density at radius 3 is 2.62 bits per heavy atom. The van der Waals surface area contributed by atoms with Crippen molar-refractivity contribution < 1.29 is 4.74 Å². The minimum absolute atomic E-state index is 0.693. The zero-order chi connectivity index (χ0) is 11.2. The van der Waals surface area contributed by atoms with Gasteiger partial charge in [-0.3, -0.25) is 0 Å². The number of halogens is 1. The highest BCUT2D eigenvalue weighted by Gasteiger charge is 1.96. The normalized spacial score (nSPS) is 10.6. The van der Waals surface area contributed by atoms with Crippen LogP contribution in [0.25, 0.3) is 0 Å². The van der Waals surface area contributed by atoms with E-state index in [-0.39, 0.29) is 0 Å². The molecular weight excluding hydrogens is 284 g/mol.